The highest BCUT2D eigenvalue weighted by atomic mass is 32.1. The maximum atomic E-state index is 5.25. The SMILES string of the molecule is CC(C)c1nccn1Cc1nnc(NN)s1. The summed E-state index contributed by atoms with van der Waals surface area (Å²) < 4.78 is 2.07. The van der Waals surface area contributed by atoms with Crippen molar-refractivity contribution in [2.24, 2.45) is 5.84 Å². The van der Waals surface area contributed by atoms with Crippen LogP contribution < -0.4 is 11.3 Å². The Hall–Kier alpha value is -1.47. The molecule has 0 atom stereocenters. The zero-order valence-electron chi connectivity index (χ0n) is 9.21. The third-order valence-corrected chi connectivity index (χ3v) is 3.00. The first-order valence-electron chi connectivity index (χ1n) is 5.00. The van der Waals surface area contributed by atoms with Crippen LogP contribution in [0.5, 0.6) is 0 Å². The summed E-state index contributed by atoms with van der Waals surface area (Å²) in [4.78, 5) is 4.32. The zero-order valence-corrected chi connectivity index (χ0v) is 10.0. The average Bonchev–Trinajstić information content (AvgIpc) is 2.87. The van der Waals surface area contributed by atoms with Crippen LogP contribution in [0.15, 0.2) is 12.4 Å². The first kappa shape index (κ1) is 11.0. The van der Waals surface area contributed by atoms with Gasteiger partial charge in [0.25, 0.3) is 0 Å². The number of nitrogen functional groups attached to an aromatic ring is 1. The molecule has 6 nitrogen and oxygen atoms in total. The second kappa shape index (κ2) is 4.58. The molecule has 86 valence electrons. The highest BCUT2D eigenvalue weighted by Gasteiger charge is 2.09. The second-order valence-corrected chi connectivity index (χ2v) is 4.78. The molecule has 7 heteroatoms. The van der Waals surface area contributed by atoms with Crippen molar-refractivity contribution in [2.75, 3.05) is 5.43 Å². The molecule has 0 saturated carbocycles. The molecule has 0 amide bonds. The number of rotatable bonds is 4. The second-order valence-electron chi connectivity index (χ2n) is 3.71. The van der Waals surface area contributed by atoms with Gasteiger partial charge in [-0.15, -0.1) is 10.2 Å². The Morgan fingerprint density at radius 3 is 2.94 bits per heavy atom. The number of imidazole rings is 1. The van der Waals surface area contributed by atoms with E-state index in [0.717, 1.165) is 10.8 Å². The van der Waals surface area contributed by atoms with Crippen LogP contribution in [0.1, 0.15) is 30.6 Å². The molecular formula is C9H14N6S. The van der Waals surface area contributed by atoms with E-state index in [9.17, 15) is 0 Å². The van der Waals surface area contributed by atoms with Gasteiger partial charge in [0, 0.05) is 18.3 Å². The lowest BCUT2D eigenvalue weighted by Gasteiger charge is -2.07. The molecule has 0 unspecified atom stereocenters. The largest absolute Gasteiger partial charge is 0.328 e. The van der Waals surface area contributed by atoms with Crippen molar-refractivity contribution in [3.8, 4) is 0 Å². The molecule has 0 spiro atoms. The molecule has 0 aromatic carbocycles. The van der Waals surface area contributed by atoms with Gasteiger partial charge in [0.1, 0.15) is 10.8 Å². The predicted molar refractivity (Wildman–Crippen MR) is 63.1 cm³/mol. The highest BCUT2D eigenvalue weighted by molar-refractivity contribution is 7.15. The average molecular weight is 238 g/mol. The van der Waals surface area contributed by atoms with E-state index in [0.29, 0.717) is 17.6 Å². The van der Waals surface area contributed by atoms with E-state index in [2.05, 4.69) is 39.0 Å². The molecular weight excluding hydrogens is 224 g/mol. The summed E-state index contributed by atoms with van der Waals surface area (Å²) in [5, 5.41) is 9.46. The maximum Gasteiger partial charge on any atom is 0.219 e. The van der Waals surface area contributed by atoms with E-state index in [1.54, 1.807) is 6.20 Å². The molecule has 0 saturated heterocycles. The fraction of sp³-hybridized carbons (Fsp3) is 0.444. The summed E-state index contributed by atoms with van der Waals surface area (Å²) in [6.45, 7) is 4.92. The predicted octanol–water partition coefficient (Wildman–Crippen LogP) is 1.19. The third-order valence-electron chi connectivity index (χ3n) is 2.16. The van der Waals surface area contributed by atoms with E-state index >= 15 is 0 Å². The van der Waals surface area contributed by atoms with Gasteiger partial charge >= 0.3 is 0 Å². The van der Waals surface area contributed by atoms with Crippen LogP contribution in [0.4, 0.5) is 5.13 Å². The lowest BCUT2D eigenvalue weighted by molar-refractivity contribution is 0.664. The lowest BCUT2D eigenvalue weighted by atomic mass is 10.2. The monoisotopic (exact) mass is 238 g/mol. The molecule has 0 fully saturated rings. The van der Waals surface area contributed by atoms with Gasteiger partial charge in [-0.25, -0.2) is 10.8 Å². The van der Waals surface area contributed by atoms with Crippen LogP contribution in [-0.4, -0.2) is 19.7 Å². The minimum Gasteiger partial charge on any atom is -0.328 e. The van der Waals surface area contributed by atoms with E-state index < -0.39 is 0 Å². The first-order chi connectivity index (χ1) is 7.70. The Bertz CT molecular complexity index is 460. The number of nitrogens with two attached hydrogens (primary N) is 1. The Balaban J connectivity index is 2.17. The van der Waals surface area contributed by atoms with E-state index in [1.807, 2.05) is 6.20 Å². The lowest BCUT2D eigenvalue weighted by Crippen LogP contribution is -2.05. The summed E-state index contributed by atoms with van der Waals surface area (Å²) in [5.74, 6) is 6.70. The molecule has 0 aliphatic heterocycles. The summed E-state index contributed by atoms with van der Waals surface area (Å²) in [7, 11) is 0. The van der Waals surface area contributed by atoms with Gasteiger partial charge in [-0.1, -0.05) is 25.2 Å². The Kier molecular flexibility index (Phi) is 3.16. The van der Waals surface area contributed by atoms with Gasteiger partial charge in [-0.3, -0.25) is 5.43 Å². The van der Waals surface area contributed by atoms with Crippen molar-refractivity contribution in [1.29, 1.82) is 0 Å². The van der Waals surface area contributed by atoms with Crippen LogP contribution in [0.25, 0.3) is 0 Å². The third kappa shape index (κ3) is 2.20. The van der Waals surface area contributed by atoms with E-state index in [1.165, 1.54) is 11.3 Å². The normalized spacial score (nSPS) is 11.0. The molecule has 16 heavy (non-hydrogen) atoms. The van der Waals surface area contributed by atoms with Gasteiger partial charge < -0.3 is 4.57 Å². The van der Waals surface area contributed by atoms with Gasteiger partial charge in [0.15, 0.2) is 0 Å². The van der Waals surface area contributed by atoms with Gasteiger partial charge in [0.05, 0.1) is 6.54 Å². The van der Waals surface area contributed by atoms with Crippen molar-refractivity contribution in [1.82, 2.24) is 19.7 Å². The quantitative estimate of drug-likeness (QED) is 0.617. The summed E-state index contributed by atoms with van der Waals surface area (Å²) in [6.07, 6.45) is 3.75. The van der Waals surface area contributed by atoms with Crippen LogP contribution in [0.2, 0.25) is 0 Å². The Labute approximate surface area is 97.5 Å². The summed E-state index contributed by atoms with van der Waals surface area (Å²) >= 11 is 1.44. The van der Waals surface area contributed by atoms with Gasteiger partial charge in [-0.05, 0) is 0 Å². The molecule has 0 bridgehead atoms. The number of nitrogens with one attached hydrogen (secondary N) is 1. The smallest absolute Gasteiger partial charge is 0.219 e. The molecule has 0 radical (unpaired) electrons. The summed E-state index contributed by atoms with van der Waals surface area (Å²) in [5.41, 5.74) is 2.48. The number of hydrazine groups is 1. The van der Waals surface area contributed by atoms with Crippen LogP contribution in [-0.2, 0) is 6.54 Å². The standard InChI is InChI=1S/C9H14N6S/c1-6(2)8-11-3-4-15(8)5-7-13-14-9(12-10)16-7/h3-4,6H,5,10H2,1-2H3,(H,12,14). The Morgan fingerprint density at radius 1 is 1.50 bits per heavy atom. The van der Waals surface area contributed by atoms with Crippen molar-refractivity contribution in [3.63, 3.8) is 0 Å². The molecule has 0 aliphatic rings. The highest BCUT2D eigenvalue weighted by Crippen LogP contribution is 2.18. The van der Waals surface area contributed by atoms with Crippen LogP contribution in [0.3, 0.4) is 0 Å². The van der Waals surface area contributed by atoms with E-state index in [-0.39, 0.29) is 0 Å². The van der Waals surface area contributed by atoms with Gasteiger partial charge in [-0.2, -0.15) is 0 Å². The zero-order chi connectivity index (χ0) is 11.5. The number of nitrogens with zero attached hydrogens (tertiary/aromatic N) is 4. The molecule has 2 heterocycles. The minimum absolute atomic E-state index is 0.398. The number of hydrogen-bond donors (Lipinski definition) is 2. The van der Waals surface area contributed by atoms with Crippen LogP contribution in [0, 0.1) is 0 Å². The molecule has 0 aliphatic carbocycles. The number of anilines is 1. The van der Waals surface area contributed by atoms with Gasteiger partial charge in [0.2, 0.25) is 5.13 Å². The first-order valence-corrected chi connectivity index (χ1v) is 5.82. The fourth-order valence-electron chi connectivity index (χ4n) is 1.48. The van der Waals surface area contributed by atoms with Crippen molar-refractivity contribution in [2.45, 2.75) is 26.3 Å². The van der Waals surface area contributed by atoms with E-state index in [4.69, 9.17) is 5.84 Å². The molecule has 2 aromatic heterocycles. The molecule has 2 rings (SSSR count). The van der Waals surface area contributed by atoms with Crippen molar-refractivity contribution < 1.29 is 0 Å². The maximum absolute atomic E-state index is 5.25. The molecule has 2 aromatic rings. The van der Waals surface area contributed by atoms with Crippen molar-refractivity contribution >= 4 is 16.5 Å². The van der Waals surface area contributed by atoms with Crippen LogP contribution >= 0.6 is 11.3 Å². The molecule has 3 N–H and O–H groups in total. The topological polar surface area (TPSA) is 81.7 Å². The number of hydrogen-bond acceptors (Lipinski definition) is 6. The van der Waals surface area contributed by atoms with Crippen molar-refractivity contribution in [3.05, 3.63) is 23.2 Å². The Morgan fingerprint density at radius 2 is 2.31 bits per heavy atom. The summed E-state index contributed by atoms with van der Waals surface area (Å²) in [6, 6.07) is 0. The number of aromatic nitrogens is 4. The fourth-order valence-corrected chi connectivity index (χ4v) is 2.13. The minimum atomic E-state index is 0.398.